The number of urea groups is 1. The number of likely N-dealkylation sites (tertiary alicyclic amines) is 2. The summed E-state index contributed by atoms with van der Waals surface area (Å²) in [5, 5.41) is 2.90. The van der Waals surface area contributed by atoms with Gasteiger partial charge in [0.2, 0.25) is 5.91 Å². The van der Waals surface area contributed by atoms with E-state index < -0.39 is 6.04 Å². The van der Waals surface area contributed by atoms with Gasteiger partial charge in [-0.25, -0.2) is 4.79 Å². The maximum Gasteiger partial charge on any atom is 0.322 e. The molecule has 2 fully saturated rings. The number of aryl methyl sites for hydroxylation is 2. The van der Waals surface area contributed by atoms with Crippen LogP contribution in [0.5, 0.6) is 0 Å². The van der Waals surface area contributed by atoms with Crippen LogP contribution in [-0.4, -0.2) is 65.6 Å². The molecular weight excluding hydrogens is 320 g/mol. The molecule has 2 aliphatic rings. The molecule has 2 aliphatic heterocycles. The Kier molecular flexibility index (Phi) is 5.22. The summed E-state index contributed by atoms with van der Waals surface area (Å²) in [7, 11) is 1.62. The van der Waals surface area contributed by atoms with Crippen LogP contribution in [0.2, 0.25) is 0 Å². The lowest BCUT2D eigenvalue weighted by molar-refractivity contribution is -0.134. The average Bonchev–Trinajstić information content (AvgIpc) is 3.26. The van der Waals surface area contributed by atoms with Gasteiger partial charge in [-0.2, -0.15) is 0 Å². The summed E-state index contributed by atoms with van der Waals surface area (Å²) in [5.41, 5.74) is 2.33. The topological polar surface area (TPSA) is 74.8 Å². The monoisotopic (exact) mass is 346 g/mol. The SMILES string of the molecule is CO[C@H]1C[C@@H](C(=O)N2CCCC2)N(C(=O)Nc2ccc(C)nc2C)C1. The van der Waals surface area contributed by atoms with Crippen molar-refractivity contribution in [3.8, 4) is 0 Å². The molecule has 3 rings (SSSR count). The number of hydrogen-bond acceptors (Lipinski definition) is 4. The Morgan fingerprint density at radius 3 is 2.60 bits per heavy atom. The molecule has 0 saturated carbocycles. The van der Waals surface area contributed by atoms with Gasteiger partial charge in [-0.3, -0.25) is 9.78 Å². The molecule has 25 heavy (non-hydrogen) atoms. The van der Waals surface area contributed by atoms with E-state index in [1.807, 2.05) is 30.9 Å². The number of carbonyl (C=O) groups excluding carboxylic acids is 2. The third-order valence-corrected chi connectivity index (χ3v) is 5.03. The van der Waals surface area contributed by atoms with Crippen molar-refractivity contribution >= 4 is 17.6 Å². The molecule has 0 bridgehead atoms. The molecule has 2 atom stereocenters. The number of rotatable bonds is 3. The van der Waals surface area contributed by atoms with Crippen molar-refractivity contribution in [2.24, 2.45) is 0 Å². The van der Waals surface area contributed by atoms with Gasteiger partial charge in [0.25, 0.3) is 0 Å². The molecule has 3 amide bonds. The number of carbonyl (C=O) groups is 2. The molecule has 0 radical (unpaired) electrons. The van der Waals surface area contributed by atoms with E-state index in [1.165, 1.54) is 0 Å². The Labute approximate surface area is 148 Å². The standard InChI is InChI=1S/C18H26N4O3/c1-12-6-7-15(13(2)19-12)20-18(24)22-11-14(25-3)10-16(22)17(23)21-8-4-5-9-21/h6-7,14,16H,4-5,8-11H2,1-3H3,(H,20,24)/t14-,16-/m0/s1. The predicted molar refractivity (Wildman–Crippen MR) is 94.5 cm³/mol. The number of nitrogens with one attached hydrogen (secondary N) is 1. The highest BCUT2D eigenvalue weighted by molar-refractivity contribution is 5.94. The Hall–Kier alpha value is -2.15. The summed E-state index contributed by atoms with van der Waals surface area (Å²) in [6.07, 6.45) is 2.50. The van der Waals surface area contributed by atoms with Crippen LogP contribution in [0.3, 0.4) is 0 Å². The van der Waals surface area contributed by atoms with Crippen LogP contribution in [0.4, 0.5) is 10.5 Å². The maximum absolute atomic E-state index is 12.8. The fraction of sp³-hybridized carbons (Fsp3) is 0.611. The van der Waals surface area contributed by atoms with E-state index in [9.17, 15) is 9.59 Å². The molecule has 136 valence electrons. The van der Waals surface area contributed by atoms with E-state index in [-0.39, 0.29) is 18.0 Å². The number of aromatic nitrogens is 1. The molecule has 1 aromatic heterocycles. The number of pyridine rings is 1. The summed E-state index contributed by atoms with van der Waals surface area (Å²) in [6, 6.07) is 2.97. The summed E-state index contributed by atoms with van der Waals surface area (Å²) in [6.45, 7) is 5.75. The third kappa shape index (κ3) is 3.76. The van der Waals surface area contributed by atoms with Crippen molar-refractivity contribution < 1.29 is 14.3 Å². The highest BCUT2D eigenvalue weighted by atomic mass is 16.5. The van der Waals surface area contributed by atoms with Crippen LogP contribution in [0.1, 0.15) is 30.7 Å². The molecule has 2 saturated heterocycles. The van der Waals surface area contributed by atoms with Crippen molar-refractivity contribution in [1.82, 2.24) is 14.8 Å². The molecule has 0 aromatic carbocycles. The van der Waals surface area contributed by atoms with Crippen LogP contribution in [0.15, 0.2) is 12.1 Å². The zero-order chi connectivity index (χ0) is 18.0. The summed E-state index contributed by atoms with van der Waals surface area (Å²) < 4.78 is 5.42. The first kappa shape index (κ1) is 17.7. The summed E-state index contributed by atoms with van der Waals surface area (Å²) >= 11 is 0. The Bertz CT molecular complexity index is 658. The minimum absolute atomic E-state index is 0.0333. The van der Waals surface area contributed by atoms with Gasteiger partial charge in [0.1, 0.15) is 6.04 Å². The first-order valence-electron chi connectivity index (χ1n) is 8.83. The van der Waals surface area contributed by atoms with Crippen molar-refractivity contribution in [2.45, 2.75) is 45.3 Å². The lowest BCUT2D eigenvalue weighted by atomic mass is 10.1. The number of anilines is 1. The lowest BCUT2D eigenvalue weighted by Crippen LogP contribution is -2.48. The van der Waals surface area contributed by atoms with Gasteiger partial charge in [-0.1, -0.05) is 0 Å². The minimum Gasteiger partial charge on any atom is -0.380 e. The Balaban J connectivity index is 1.74. The van der Waals surface area contributed by atoms with Crippen molar-refractivity contribution in [3.05, 3.63) is 23.5 Å². The van der Waals surface area contributed by atoms with Crippen LogP contribution >= 0.6 is 0 Å². The van der Waals surface area contributed by atoms with E-state index in [1.54, 1.807) is 12.0 Å². The predicted octanol–water partition coefficient (Wildman–Crippen LogP) is 1.94. The van der Waals surface area contributed by atoms with E-state index in [4.69, 9.17) is 4.74 Å². The second kappa shape index (κ2) is 7.39. The van der Waals surface area contributed by atoms with E-state index in [2.05, 4.69) is 10.3 Å². The van der Waals surface area contributed by atoms with Crippen molar-refractivity contribution in [2.75, 3.05) is 32.1 Å². The third-order valence-electron chi connectivity index (χ3n) is 5.03. The van der Waals surface area contributed by atoms with Crippen LogP contribution in [0, 0.1) is 13.8 Å². The molecular formula is C18H26N4O3. The van der Waals surface area contributed by atoms with Crippen LogP contribution in [0.25, 0.3) is 0 Å². The first-order valence-corrected chi connectivity index (χ1v) is 8.83. The summed E-state index contributed by atoms with van der Waals surface area (Å²) in [5.74, 6) is 0.0333. The fourth-order valence-corrected chi connectivity index (χ4v) is 3.58. The molecule has 1 aromatic rings. The maximum atomic E-state index is 12.8. The quantitative estimate of drug-likeness (QED) is 0.908. The van der Waals surface area contributed by atoms with Gasteiger partial charge in [-0.05, 0) is 38.8 Å². The minimum atomic E-state index is -0.457. The van der Waals surface area contributed by atoms with Crippen molar-refractivity contribution in [1.29, 1.82) is 0 Å². The number of ether oxygens (including phenoxy) is 1. The smallest absolute Gasteiger partial charge is 0.322 e. The van der Waals surface area contributed by atoms with Gasteiger partial charge in [0, 0.05) is 38.9 Å². The average molecular weight is 346 g/mol. The largest absolute Gasteiger partial charge is 0.380 e. The van der Waals surface area contributed by atoms with Gasteiger partial charge in [0.05, 0.1) is 17.5 Å². The van der Waals surface area contributed by atoms with E-state index >= 15 is 0 Å². The molecule has 0 aliphatic carbocycles. The summed E-state index contributed by atoms with van der Waals surface area (Å²) in [4.78, 5) is 33.5. The number of amides is 3. The lowest BCUT2D eigenvalue weighted by Gasteiger charge is -2.27. The Morgan fingerprint density at radius 2 is 1.96 bits per heavy atom. The molecule has 1 N–H and O–H groups in total. The number of nitrogens with zero attached hydrogens (tertiary/aromatic N) is 3. The van der Waals surface area contributed by atoms with Gasteiger partial charge >= 0.3 is 6.03 Å². The molecule has 7 heteroatoms. The second-order valence-electron chi connectivity index (χ2n) is 6.81. The molecule has 0 spiro atoms. The zero-order valence-electron chi connectivity index (χ0n) is 15.1. The van der Waals surface area contributed by atoms with Gasteiger partial charge in [0.15, 0.2) is 0 Å². The van der Waals surface area contributed by atoms with Crippen LogP contribution < -0.4 is 5.32 Å². The zero-order valence-corrected chi connectivity index (χ0v) is 15.1. The molecule has 7 nitrogen and oxygen atoms in total. The highest BCUT2D eigenvalue weighted by Gasteiger charge is 2.42. The van der Waals surface area contributed by atoms with Crippen molar-refractivity contribution in [3.63, 3.8) is 0 Å². The highest BCUT2D eigenvalue weighted by Crippen LogP contribution is 2.25. The van der Waals surface area contributed by atoms with E-state index in [0.717, 1.165) is 37.3 Å². The first-order chi connectivity index (χ1) is 12.0. The number of hydrogen-bond donors (Lipinski definition) is 1. The Morgan fingerprint density at radius 1 is 1.24 bits per heavy atom. The van der Waals surface area contributed by atoms with Gasteiger partial charge in [-0.15, -0.1) is 0 Å². The molecule has 3 heterocycles. The number of methoxy groups -OCH3 is 1. The second-order valence-corrected chi connectivity index (χ2v) is 6.81. The van der Waals surface area contributed by atoms with Gasteiger partial charge < -0.3 is 19.9 Å². The fourth-order valence-electron chi connectivity index (χ4n) is 3.58. The normalized spacial score (nSPS) is 23.2. The van der Waals surface area contributed by atoms with E-state index in [0.29, 0.717) is 18.7 Å². The van der Waals surface area contributed by atoms with Crippen LogP contribution in [-0.2, 0) is 9.53 Å². The molecule has 0 unspecified atom stereocenters.